The molecule has 0 spiro atoms. The first-order valence-corrected chi connectivity index (χ1v) is 3.97. The molecule has 0 unspecified atom stereocenters. The fourth-order valence-electron chi connectivity index (χ4n) is 0.874. The predicted octanol–water partition coefficient (Wildman–Crippen LogP) is 2.79. The molecule has 0 aliphatic rings. The van der Waals surface area contributed by atoms with Crippen molar-refractivity contribution >= 4 is 12.4 Å². The Hall–Kier alpha value is -0.920. The van der Waals surface area contributed by atoms with Gasteiger partial charge in [0.05, 0.1) is 0 Å². The van der Waals surface area contributed by atoms with Gasteiger partial charge in [0.25, 0.3) is 0 Å². The van der Waals surface area contributed by atoms with Crippen molar-refractivity contribution in [2.75, 3.05) is 0 Å². The third-order valence-corrected chi connectivity index (χ3v) is 1.71. The number of allylic oxidation sites excluding steroid dienone is 2. The van der Waals surface area contributed by atoms with Gasteiger partial charge in [0.15, 0.2) is 0 Å². The zero-order valence-electron chi connectivity index (χ0n) is 7.28. The van der Waals surface area contributed by atoms with Crippen molar-refractivity contribution in [3.05, 3.63) is 11.1 Å². The number of rotatable bonds is 5. The summed E-state index contributed by atoms with van der Waals surface area (Å²) in [5, 5.41) is 14.0. The molecule has 0 saturated heterocycles. The maximum atomic E-state index is 6.99. The van der Waals surface area contributed by atoms with Crippen LogP contribution in [0.5, 0.6) is 0 Å². The Morgan fingerprint density at radius 1 is 1.27 bits per heavy atom. The molecular weight excluding hydrogens is 136 g/mol. The SMILES string of the molecule is CCCCC(C)=C(C=N)C=N. The van der Waals surface area contributed by atoms with Gasteiger partial charge >= 0.3 is 0 Å². The lowest BCUT2D eigenvalue weighted by molar-refractivity contribution is 0.786. The average molecular weight is 152 g/mol. The van der Waals surface area contributed by atoms with Gasteiger partial charge in [-0.05, 0) is 19.8 Å². The molecule has 0 aromatic carbocycles. The Labute approximate surface area is 68.3 Å². The first kappa shape index (κ1) is 10.1. The van der Waals surface area contributed by atoms with Crippen molar-refractivity contribution in [1.29, 1.82) is 10.8 Å². The van der Waals surface area contributed by atoms with Crippen molar-refractivity contribution < 1.29 is 0 Å². The van der Waals surface area contributed by atoms with E-state index in [2.05, 4.69) is 6.92 Å². The number of hydrogen-bond acceptors (Lipinski definition) is 2. The Morgan fingerprint density at radius 3 is 2.18 bits per heavy atom. The molecule has 0 aliphatic heterocycles. The smallest absolute Gasteiger partial charge is 0.0264 e. The maximum Gasteiger partial charge on any atom is 0.0264 e. The highest BCUT2D eigenvalue weighted by Crippen LogP contribution is 2.08. The maximum absolute atomic E-state index is 6.99. The van der Waals surface area contributed by atoms with Crippen molar-refractivity contribution in [1.82, 2.24) is 0 Å². The topological polar surface area (TPSA) is 47.7 Å². The van der Waals surface area contributed by atoms with Crippen LogP contribution in [0, 0.1) is 10.8 Å². The summed E-state index contributed by atoms with van der Waals surface area (Å²) in [4.78, 5) is 0. The summed E-state index contributed by atoms with van der Waals surface area (Å²) < 4.78 is 0. The minimum Gasteiger partial charge on any atom is -0.308 e. The second-order valence-corrected chi connectivity index (χ2v) is 2.63. The molecule has 0 radical (unpaired) electrons. The van der Waals surface area contributed by atoms with Gasteiger partial charge < -0.3 is 10.8 Å². The van der Waals surface area contributed by atoms with Gasteiger partial charge in [0, 0.05) is 18.0 Å². The Morgan fingerprint density at radius 2 is 1.82 bits per heavy atom. The second-order valence-electron chi connectivity index (χ2n) is 2.63. The van der Waals surface area contributed by atoms with Crippen LogP contribution in [0.25, 0.3) is 0 Å². The van der Waals surface area contributed by atoms with Crippen LogP contribution in [0.15, 0.2) is 11.1 Å². The Kier molecular flexibility index (Phi) is 5.35. The van der Waals surface area contributed by atoms with Crippen molar-refractivity contribution in [3.63, 3.8) is 0 Å². The number of nitrogens with one attached hydrogen (secondary N) is 2. The molecule has 2 nitrogen and oxygen atoms in total. The summed E-state index contributed by atoms with van der Waals surface area (Å²) in [6, 6.07) is 0. The fourth-order valence-corrected chi connectivity index (χ4v) is 0.874. The minimum absolute atomic E-state index is 0.749. The molecule has 0 aromatic rings. The third-order valence-electron chi connectivity index (χ3n) is 1.71. The second kappa shape index (κ2) is 5.83. The first-order valence-electron chi connectivity index (χ1n) is 3.97. The van der Waals surface area contributed by atoms with Gasteiger partial charge in [-0.1, -0.05) is 18.9 Å². The van der Waals surface area contributed by atoms with Crippen molar-refractivity contribution in [3.8, 4) is 0 Å². The van der Waals surface area contributed by atoms with Gasteiger partial charge in [-0.15, -0.1) is 0 Å². The van der Waals surface area contributed by atoms with Crippen LogP contribution in [0.2, 0.25) is 0 Å². The minimum atomic E-state index is 0.749. The lowest BCUT2D eigenvalue weighted by Gasteiger charge is -2.00. The van der Waals surface area contributed by atoms with Crippen molar-refractivity contribution in [2.45, 2.75) is 33.1 Å². The van der Waals surface area contributed by atoms with Gasteiger partial charge in [-0.3, -0.25) is 0 Å². The van der Waals surface area contributed by atoms with Gasteiger partial charge in [0.1, 0.15) is 0 Å². The van der Waals surface area contributed by atoms with E-state index in [1.54, 1.807) is 0 Å². The number of hydrogen-bond donors (Lipinski definition) is 2. The average Bonchev–Trinajstić information content (AvgIpc) is 2.03. The summed E-state index contributed by atoms with van der Waals surface area (Å²) in [6.07, 6.45) is 5.82. The van der Waals surface area contributed by atoms with E-state index in [-0.39, 0.29) is 0 Å². The van der Waals surface area contributed by atoms with Crippen LogP contribution >= 0.6 is 0 Å². The van der Waals surface area contributed by atoms with E-state index < -0.39 is 0 Å². The molecule has 0 bridgehead atoms. The summed E-state index contributed by atoms with van der Waals surface area (Å²) in [7, 11) is 0. The largest absolute Gasteiger partial charge is 0.308 e. The molecule has 0 amide bonds. The quantitative estimate of drug-likeness (QED) is 0.569. The summed E-state index contributed by atoms with van der Waals surface area (Å²) in [6.45, 7) is 4.13. The lowest BCUT2D eigenvalue weighted by Crippen LogP contribution is -1.90. The monoisotopic (exact) mass is 152 g/mol. The number of unbranched alkanes of at least 4 members (excludes halogenated alkanes) is 1. The standard InChI is InChI=1S/C9H16N2/c1-3-4-5-8(2)9(6-10)7-11/h6-7,10-11H,3-5H2,1-2H3. The molecular formula is C9H16N2. The van der Waals surface area contributed by atoms with Crippen LogP contribution in [-0.2, 0) is 0 Å². The summed E-state index contributed by atoms with van der Waals surface area (Å²) in [5.74, 6) is 0. The van der Waals surface area contributed by atoms with Gasteiger partial charge in [0.2, 0.25) is 0 Å². The molecule has 11 heavy (non-hydrogen) atoms. The van der Waals surface area contributed by atoms with Crippen LogP contribution < -0.4 is 0 Å². The summed E-state index contributed by atoms with van der Waals surface area (Å²) >= 11 is 0. The van der Waals surface area contributed by atoms with Crippen LogP contribution in [0.1, 0.15) is 33.1 Å². The van der Waals surface area contributed by atoms with Gasteiger partial charge in [-0.2, -0.15) is 0 Å². The molecule has 0 aromatic heterocycles. The highest BCUT2D eigenvalue weighted by molar-refractivity contribution is 6.02. The lowest BCUT2D eigenvalue weighted by atomic mass is 10.1. The highest BCUT2D eigenvalue weighted by Gasteiger charge is 1.94. The van der Waals surface area contributed by atoms with E-state index >= 15 is 0 Å². The first-order chi connectivity index (χ1) is 5.26. The highest BCUT2D eigenvalue weighted by atomic mass is 14.4. The molecule has 0 heterocycles. The summed E-state index contributed by atoms with van der Waals surface area (Å²) in [5.41, 5.74) is 1.90. The van der Waals surface area contributed by atoms with Crippen LogP contribution in [-0.4, -0.2) is 12.4 Å². The molecule has 0 atom stereocenters. The Balaban J connectivity index is 4.11. The Bertz CT molecular complexity index is 158. The van der Waals surface area contributed by atoms with Crippen LogP contribution in [0.3, 0.4) is 0 Å². The fraction of sp³-hybridized carbons (Fsp3) is 0.556. The molecule has 2 heteroatoms. The van der Waals surface area contributed by atoms with E-state index in [1.807, 2.05) is 6.92 Å². The molecule has 0 aliphatic carbocycles. The molecule has 2 N–H and O–H groups in total. The van der Waals surface area contributed by atoms with E-state index in [9.17, 15) is 0 Å². The van der Waals surface area contributed by atoms with E-state index in [0.29, 0.717) is 0 Å². The third kappa shape index (κ3) is 3.71. The normalized spacial score (nSPS) is 8.91. The molecule has 0 saturated carbocycles. The van der Waals surface area contributed by atoms with Crippen molar-refractivity contribution in [2.24, 2.45) is 0 Å². The van der Waals surface area contributed by atoms with Gasteiger partial charge in [-0.25, -0.2) is 0 Å². The zero-order chi connectivity index (χ0) is 8.69. The molecule has 0 rings (SSSR count). The molecule has 62 valence electrons. The predicted molar refractivity (Wildman–Crippen MR) is 49.8 cm³/mol. The van der Waals surface area contributed by atoms with E-state index in [0.717, 1.165) is 24.0 Å². The van der Waals surface area contributed by atoms with E-state index in [4.69, 9.17) is 10.8 Å². The van der Waals surface area contributed by atoms with E-state index in [1.165, 1.54) is 18.9 Å². The zero-order valence-corrected chi connectivity index (χ0v) is 7.28. The molecule has 0 fully saturated rings. The van der Waals surface area contributed by atoms with Crippen LogP contribution in [0.4, 0.5) is 0 Å².